The fourth-order valence-corrected chi connectivity index (χ4v) is 1.30. The molecule has 0 fully saturated rings. The molecule has 0 aromatic rings. The first-order valence-corrected chi connectivity index (χ1v) is 4.90. The molecule has 2 heteroatoms. The van der Waals surface area contributed by atoms with Crippen molar-refractivity contribution in [1.82, 2.24) is 4.90 Å². The van der Waals surface area contributed by atoms with Gasteiger partial charge in [-0.2, -0.15) is 0 Å². The predicted octanol–water partition coefficient (Wildman–Crippen LogP) is 1.70. The molecule has 0 aliphatic rings. The monoisotopic (exact) mass is 172 g/mol. The van der Waals surface area contributed by atoms with Gasteiger partial charge in [0.1, 0.15) is 0 Å². The highest BCUT2D eigenvalue weighted by molar-refractivity contribution is 4.72. The standard InChI is InChI=1S/C10H24N2/c1-5-6-7-12(4)9-10(2,3)8-11/h5-9,11H2,1-4H3. The summed E-state index contributed by atoms with van der Waals surface area (Å²) in [5.74, 6) is 0. The van der Waals surface area contributed by atoms with E-state index in [4.69, 9.17) is 5.73 Å². The quantitative estimate of drug-likeness (QED) is 0.661. The summed E-state index contributed by atoms with van der Waals surface area (Å²) >= 11 is 0. The lowest BCUT2D eigenvalue weighted by molar-refractivity contribution is 0.214. The Bertz CT molecular complexity index is 110. The first-order chi connectivity index (χ1) is 5.52. The van der Waals surface area contributed by atoms with Crippen LogP contribution in [0.4, 0.5) is 0 Å². The molecule has 2 N–H and O–H groups in total. The zero-order valence-electron chi connectivity index (χ0n) is 9.06. The molecule has 0 atom stereocenters. The molecule has 0 amide bonds. The van der Waals surface area contributed by atoms with Gasteiger partial charge in [-0.1, -0.05) is 27.2 Å². The minimum Gasteiger partial charge on any atom is -0.330 e. The van der Waals surface area contributed by atoms with E-state index in [0.29, 0.717) is 0 Å². The van der Waals surface area contributed by atoms with Crippen molar-refractivity contribution in [3.8, 4) is 0 Å². The lowest BCUT2D eigenvalue weighted by Crippen LogP contribution is -2.37. The molecule has 0 aromatic heterocycles. The second kappa shape index (κ2) is 5.55. The van der Waals surface area contributed by atoms with Gasteiger partial charge in [-0.05, 0) is 32.0 Å². The Morgan fingerprint density at radius 1 is 1.33 bits per heavy atom. The third-order valence-corrected chi connectivity index (χ3v) is 2.14. The van der Waals surface area contributed by atoms with Gasteiger partial charge in [-0.25, -0.2) is 0 Å². The van der Waals surface area contributed by atoms with Crippen LogP contribution in [0.25, 0.3) is 0 Å². The molecule has 0 saturated heterocycles. The van der Waals surface area contributed by atoms with E-state index in [9.17, 15) is 0 Å². The molecule has 0 aliphatic carbocycles. The minimum atomic E-state index is 0.266. The third kappa shape index (κ3) is 5.56. The predicted molar refractivity (Wildman–Crippen MR) is 55.2 cm³/mol. The molecule has 0 saturated carbocycles. The number of hydrogen-bond acceptors (Lipinski definition) is 2. The Labute approximate surface area is 77.1 Å². The van der Waals surface area contributed by atoms with E-state index in [2.05, 4.69) is 32.7 Å². The van der Waals surface area contributed by atoms with Crippen molar-refractivity contribution in [2.24, 2.45) is 11.1 Å². The van der Waals surface area contributed by atoms with Gasteiger partial charge in [0.2, 0.25) is 0 Å². The second-order valence-electron chi connectivity index (χ2n) is 4.46. The molecule has 0 unspecified atom stereocenters. The van der Waals surface area contributed by atoms with Crippen LogP contribution in [0.2, 0.25) is 0 Å². The van der Waals surface area contributed by atoms with Crippen molar-refractivity contribution >= 4 is 0 Å². The first-order valence-electron chi connectivity index (χ1n) is 4.90. The number of nitrogens with zero attached hydrogens (tertiary/aromatic N) is 1. The van der Waals surface area contributed by atoms with Crippen LogP contribution in [0.5, 0.6) is 0 Å². The van der Waals surface area contributed by atoms with Gasteiger partial charge in [0.25, 0.3) is 0 Å². The average Bonchev–Trinajstić information content (AvgIpc) is 2.00. The van der Waals surface area contributed by atoms with Crippen molar-refractivity contribution in [2.75, 3.05) is 26.7 Å². The molecule has 0 spiro atoms. The van der Waals surface area contributed by atoms with Gasteiger partial charge in [-0.15, -0.1) is 0 Å². The van der Waals surface area contributed by atoms with Gasteiger partial charge < -0.3 is 10.6 Å². The maximum absolute atomic E-state index is 5.66. The van der Waals surface area contributed by atoms with Crippen LogP contribution in [0.15, 0.2) is 0 Å². The number of rotatable bonds is 6. The summed E-state index contributed by atoms with van der Waals surface area (Å²) in [6.07, 6.45) is 2.56. The molecule has 74 valence electrons. The van der Waals surface area contributed by atoms with E-state index in [1.165, 1.54) is 19.4 Å². The van der Waals surface area contributed by atoms with Crippen molar-refractivity contribution in [2.45, 2.75) is 33.6 Å². The Kier molecular flexibility index (Phi) is 5.51. The molecular formula is C10H24N2. The van der Waals surface area contributed by atoms with Gasteiger partial charge >= 0.3 is 0 Å². The molecule has 0 radical (unpaired) electrons. The van der Waals surface area contributed by atoms with E-state index in [0.717, 1.165) is 13.1 Å². The van der Waals surface area contributed by atoms with Crippen LogP contribution in [0.3, 0.4) is 0 Å². The number of unbranched alkanes of at least 4 members (excludes halogenated alkanes) is 1. The molecule has 0 bridgehead atoms. The summed E-state index contributed by atoms with van der Waals surface area (Å²) in [5.41, 5.74) is 5.92. The molecule has 0 aromatic carbocycles. The van der Waals surface area contributed by atoms with Crippen molar-refractivity contribution in [3.05, 3.63) is 0 Å². The van der Waals surface area contributed by atoms with Crippen LogP contribution in [-0.2, 0) is 0 Å². The third-order valence-electron chi connectivity index (χ3n) is 2.14. The second-order valence-corrected chi connectivity index (χ2v) is 4.46. The van der Waals surface area contributed by atoms with E-state index >= 15 is 0 Å². The fourth-order valence-electron chi connectivity index (χ4n) is 1.30. The maximum atomic E-state index is 5.66. The minimum absolute atomic E-state index is 0.266. The number of nitrogens with two attached hydrogens (primary N) is 1. The number of hydrogen-bond donors (Lipinski definition) is 1. The summed E-state index contributed by atoms with van der Waals surface area (Å²) in [6.45, 7) is 9.72. The zero-order valence-corrected chi connectivity index (χ0v) is 9.06. The van der Waals surface area contributed by atoms with Crippen molar-refractivity contribution in [1.29, 1.82) is 0 Å². The van der Waals surface area contributed by atoms with Crippen LogP contribution >= 0.6 is 0 Å². The summed E-state index contributed by atoms with van der Waals surface area (Å²) in [6, 6.07) is 0. The van der Waals surface area contributed by atoms with E-state index < -0.39 is 0 Å². The van der Waals surface area contributed by atoms with Crippen LogP contribution < -0.4 is 5.73 Å². The van der Waals surface area contributed by atoms with Gasteiger partial charge in [0.05, 0.1) is 0 Å². The van der Waals surface area contributed by atoms with Crippen molar-refractivity contribution in [3.63, 3.8) is 0 Å². The van der Waals surface area contributed by atoms with Gasteiger partial charge in [0, 0.05) is 6.54 Å². The summed E-state index contributed by atoms with van der Waals surface area (Å²) in [7, 11) is 2.17. The van der Waals surface area contributed by atoms with Crippen molar-refractivity contribution < 1.29 is 0 Å². The molecule has 0 rings (SSSR count). The van der Waals surface area contributed by atoms with Crippen LogP contribution in [-0.4, -0.2) is 31.6 Å². The Morgan fingerprint density at radius 3 is 2.33 bits per heavy atom. The Hall–Kier alpha value is -0.0800. The molecule has 0 heterocycles. The Morgan fingerprint density at radius 2 is 1.92 bits per heavy atom. The largest absolute Gasteiger partial charge is 0.330 e. The zero-order chi connectivity index (χ0) is 9.61. The molecule has 0 aliphatic heterocycles. The highest BCUT2D eigenvalue weighted by atomic mass is 15.1. The summed E-state index contributed by atoms with van der Waals surface area (Å²) < 4.78 is 0. The van der Waals surface area contributed by atoms with Crippen LogP contribution in [0, 0.1) is 5.41 Å². The molecular weight excluding hydrogens is 148 g/mol. The normalized spacial score (nSPS) is 12.5. The lowest BCUT2D eigenvalue weighted by Gasteiger charge is -2.28. The van der Waals surface area contributed by atoms with Gasteiger partial charge in [0.15, 0.2) is 0 Å². The lowest BCUT2D eigenvalue weighted by atomic mass is 9.93. The fraction of sp³-hybridized carbons (Fsp3) is 1.00. The van der Waals surface area contributed by atoms with E-state index in [1.54, 1.807) is 0 Å². The van der Waals surface area contributed by atoms with Crippen LogP contribution in [0.1, 0.15) is 33.6 Å². The average molecular weight is 172 g/mol. The van der Waals surface area contributed by atoms with E-state index in [-0.39, 0.29) is 5.41 Å². The molecule has 2 nitrogen and oxygen atoms in total. The smallest absolute Gasteiger partial charge is 0.00417 e. The van der Waals surface area contributed by atoms with Gasteiger partial charge in [-0.3, -0.25) is 0 Å². The summed E-state index contributed by atoms with van der Waals surface area (Å²) in [4.78, 5) is 2.37. The highest BCUT2D eigenvalue weighted by Crippen LogP contribution is 2.13. The maximum Gasteiger partial charge on any atom is 0.00417 e. The Balaban J connectivity index is 3.60. The summed E-state index contributed by atoms with van der Waals surface area (Å²) in [5, 5.41) is 0. The first kappa shape index (κ1) is 11.9. The molecule has 12 heavy (non-hydrogen) atoms. The highest BCUT2D eigenvalue weighted by Gasteiger charge is 2.17. The topological polar surface area (TPSA) is 29.3 Å². The van der Waals surface area contributed by atoms with E-state index in [1.807, 2.05) is 0 Å². The SMILES string of the molecule is CCCCN(C)CC(C)(C)CN.